The summed E-state index contributed by atoms with van der Waals surface area (Å²) in [7, 11) is 0. The van der Waals surface area contributed by atoms with E-state index in [0.29, 0.717) is 47.7 Å². The van der Waals surface area contributed by atoms with E-state index < -0.39 is 6.17 Å². The van der Waals surface area contributed by atoms with E-state index in [-0.39, 0.29) is 5.41 Å². The van der Waals surface area contributed by atoms with Crippen LogP contribution in [0.5, 0.6) is 0 Å². The smallest absolute Gasteiger partial charge is 0.136 e. The molecule has 2 heteroatoms. The Morgan fingerprint density at radius 1 is 1.05 bits per heavy atom. The van der Waals surface area contributed by atoms with Gasteiger partial charge in [0.05, 0.1) is 0 Å². The second-order valence-electron chi connectivity index (χ2n) is 9.07. The Bertz CT molecular complexity index is 460. The summed E-state index contributed by atoms with van der Waals surface area (Å²) < 4.78 is 13.8. The fourth-order valence-corrected chi connectivity index (χ4v) is 6.87. The van der Waals surface area contributed by atoms with Gasteiger partial charge in [0.1, 0.15) is 12.0 Å². The SMILES string of the molecule is CC12CCCC1C1C(=O)C[C@H]3C[C@H](F)CCC3(C)C1CC2. The van der Waals surface area contributed by atoms with Gasteiger partial charge in [0.15, 0.2) is 0 Å². The molecule has 0 aliphatic heterocycles. The zero-order valence-corrected chi connectivity index (χ0v) is 13.5. The van der Waals surface area contributed by atoms with Crippen molar-refractivity contribution >= 4 is 5.78 Å². The maximum Gasteiger partial charge on any atom is 0.136 e. The van der Waals surface area contributed by atoms with Crippen LogP contribution in [0.4, 0.5) is 4.39 Å². The first-order valence-electron chi connectivity index (χ1n) is 9.11. The fourth-order valence-electron chi connectivity index (χ4n) is 6.87. The molecule has 4 saturated carbocycles. The lowest BCUT2D eigenvalue weighted by Crippen LogP contribution is -2.56. The molecule has 4 fully saturated rings. The average Bonchev–Trinajstić information content (AvgIpc) is 2.82. The number of Topliss-reactive ketones (excluding diaryl/α,β-unsaturated/α-hetero) is 1. The van der Waals surface area contributed by atoms with Gasteiger partial charge in [-0.3, -0.25) is 4.79 Å². The van der Waals surface area contributed by atoms with Crippen LogP contribution in [0.2, 0.25) is 0 Å². The lowest BCUT2D eigenvalue weighted by atomic mass is 9.45. The molecule has 0 aromatic carbocycles. The van der Waals surface area contributed by atoms with Crippen molar-refractivity contribution in [3.8, 4) is 0 Å². The highest BCUT2D eigenvalue weighted by Gasteiger charge is 2.60. The highest BCUT2D eigenvalue weighted by atomic mass is 19.1. The minimum Gasteiger partial charge on any atom is -0.299 e. The van der Waals surface area contributed by atoms with Crippen LogP contribution in [0.1, 0.15) is 71.6 Å². The minimum absolute atomic E-state index is 0.241. The van der Waals surface area contributed by atoms with Crippen molar-refractivity contribution in [1.82, 2.24) is 0 Å². The van der Waals surface area contributed by atoms with Crippen LogP contribution < -0.4 is 0 Å². The number of hydrogen-bond donors (Lipinski definition) is 0. The van der Waals surface area contributed by atoms with Gasteiger partial charge in [0.25, 0.3) is 0 Å². The van der Waals surface area contributed by atoms with Gasteiger partial charge in [0.2, 0.25) is 0 Å². The van der Waals surface area contributed by atoms with Crippen molar-refractivity contribution in [3.63, 3.8) is 0 Å². The summed E-state index contributed by atoms with van der Waals surface area (Å²) in [6, 6.07) is 0. The van der Waals surface area contributed by atoms with Gasteiger partial charge in [-0.25, -0.2) is 4.39 Å². The Morgan fingerprint density at radius 2 is 1.86 bits per heavy atom. The molecule has 4 rings (SSSR count). The molecule has 0 spiro atoms. The van der Waals surface area contributed by atoms with Crippen LogP contribution in [0.15, 0.2) is 0 Å². The molecule has 0 aromatic rings. The van der Waals surface area contributed by atoms with E-state index in [2.05, 4.69) is 13.8 Å². The van der Waals surface area contributed by atoms with E-state index >= 15 is 0 Å². The van der Waals surface area contributed by atoms with Crippen LogP contribution >= 0.6 is 0 Å². The van der Waals surface area contributed by atoms with Crippen LogP contribution in [0, 0.1) is 34.5 Å². The van der Waals surface area contributed by atoms with Gasteiger partial charge in [0, 0.05) is 12.3 Å². The average molecular weight is 292 g/mol. The summed E-state index contributed by atoms with van der Waals surface area (Å²) in [6.07, 6.45) is 8.80. The molecule has 4 aliphatic rings. The summed E-state index contributed by atoms with van der Waals surface area (Å²) in [5.74, 6) is 2.30. The third kappa shape index (κ3) is 1.90. The zero-order chi connectivity index (χ0) is 14.8. The first-order valence-corrected chi connectivity index (χ1v) is 9.11. The van der Waals surface area contributed by atoms with E-state index in [1.807, 2.05) is 0 Å². The molecule has 0 amide bonds. The zero-order valence-electron chi connectivity index (χ0n) is 13.5. The normalized spacial score (nSPS) is 56.5. The Labute approximate surface area is 128 Å². The van der Waals surface area contributed by atoms with Crippen LogP contribution in [-0.2, 0) is 4.79 Å². The molecule has 0 N–H and O–H groups in total. The Hall–Kier alpha value is -0.400. The van der Waals surface area contributed by atoms with E-state index in [0.717, 1.165) is 12.8 Å². The number of rotatable bonds is 0. The van der Waals surface area contributed by atoms with Gasteiger partial charge in [-0.2, -0.15) is 0 Å². The quantitative estimate of drug-likeness (QED) is 0.618. The molecule has 4 aliphatic carbocycles. The number of fused-ring (bicyclic) bond motifs is 5. The Balaban J connectivity index is 1.69. The second-order valence-corrected chi connectivity index (χ2v) is 9.07. The van der Waals surface area contributed by atoms with E-state index in [9.17, 15) is 9.18 Å². The third-order valence-corrected chi connectivity index (χ3v) is 8.19. The van der Waals surface area contributed by atoms with Gasteiger partial charge >= 0.3 is 0 Å². The summed E-state index contributed by atoms with van der Waals surface area (Å²) in [5.41, 5.74) is 0.669. The molecule has 118 valence electrons. The lowest BCUT2D eigenvalue weighted by Gasteiger charge is -2.59. The largest absolute Gasteiger partial charge is 0.299 e. The lowest BCUT2D eigenvalue weighted by molar-refractivity contribution is -0.156. The molecule has 1 nitrogen and oxygen atoms in total. The predicted octanol–water partition coefficient (Wildman–Crippen LogP) is 4.94. The van der Waals surface area contributed by atoms with Gasteiger partial charge in [-0.05, 0) is 73.5 Å². The molecular weight excluding hydrogens is 263 g/mol. The van der Waals surface area contributed by atoms with Crippen LogP contribution in [-0.4, -0.2) is 12.0 Å². The van der Waals surface area contributed by atoms with Crippen molar-refractivity contribution < 1.29 is 9.18 Å². The first kappa shape index (κ1) is 14.2. The monoisotopic (exact) mass is 292 g/mol. The third-order valence-electron chi connectivity index (χ3n) is 8.19. The molecule has 21 heavy (non-hydrogen) atoms. The van der Waals surface area contributed by atoms with Crippen molar-refractivity contribution in [3.05, 3.63) is 0 Å². The maximum atomic E-state index is 13.8. The highest BCUT2D eigenvalue weighted by molar-refractivity contribution is 5.83. The molecule has 0 aromatic heterocycles. The topological polar surface area (TPSA) is 17.1 Å². The van der Waals surface area contributed by atoms with Crippen molar-refractivity contribution in [2.45, 2.75) is 77.8 Å². The summed E-state index contributed by atoms with van der Waals surface area (Å²) in [6.45, 7) is 4.83. The minimum atomic E-state index is -0.659. The standard InChI is InChI=1S/C19H29FO/c1-18-7-3-4-14(18)17-15(6-8-18)19(2)9-5-13(20)10-12(19)11-16(17)21/h12-15,17H,3-11H2,1-2H3/t12-,13-,14?,15?,17?,18?,19?/m1/s1. The molecular formula is C19H29FO. The Morgan fingerprint density at radius 3 is 2.67 bits per heavy atom. The first-order chi connectivity index (χ1) is 9.94. The van der Waals surface area contributed by atoms with Crippen molar-refractivity contribution in [2.75, 3.05) is 0 Å². The second kappa shape index (κ2) is 4.55. The number of alkyl halides is 1. The summed E-state index contributed by atoms with van der Waals surface area (Å²) in [5, 5.41) is 0. The number of halogens is 1. The van der Waals surface area contributed by atoms with Gasteiger partial charge < -0.3 is 0 Å². The van der Waals surface area contributed by atoms with E-state index in [4.69, 9.17) is 0 Å². The number of carbonyl (C=O) groups is 1. The maximum absolute atomic E-state index is 13.8. The number of hydrogen-bond acceptors (Lipinski definition) is 1. The highest BCUT2D eigenvalue weighted by Crippen LogP contribution is 2.65. The van der Waals surface area contributed by atoms with Crippen LogP contribution in [0.25, 0.3) is 0 Å². The molecule has 7 atom stereocenters. The fraction of sp³-hybridized carbons (Fsp3) is 0.947. The molecule has 5 unspecified atom stereocenters. The summed E-state index contributed by atoms with van der Waals surface area (Å²) in [4.78, 5) is 12.9. The molecule has 0 bridgehead atoms. The van der Waals surface area contributed by atoms with E-state index in [1.54, 1.807) is 0 Å². The van der Waals surface area contributed by atoms with Gasteiger partial charge in [-0.1, -0.05) is 20.3 Å². The molecule has 0 radical (unpaired) electrons. The number of carbonyl (C=O) groups excluding carboxylic acids is 1. The van der Waals surface area contributed by atoms with Crippen molar-refractivity contribution in [1.29, 1.82) is 0 Å². The summed E-state index contributed by atoms with van der Waals surface area (Å²) >= 11 is 0. The predicted molar refractivity (Wildman–Crippen MR) is 81.6 cm³/mol. The van der Waals surface area contributed by atoms with Crippen molar-refractivity contribution in [2.24, 2.45) is 34.5 Å². The molecule has 0 heterocycles. The van der Waals surface area contributed by atoms with E-state index in [1.165, 1.54) is 32.1 Å². The van der Waals surface area contributed by atoms with Crippen LogP contribution in [0.3, 0.4) is 0 Å². The Kier molecular flexibility index (Phi) is 3.08. The van der Waals surface area contributed by atoms with Gasteiger partial charge in [-0.15, -0.1) is 0 Å². The number of ketones is 1. The molecule has 0 saturated heterocycles.